The van der Waals surface area contributed by atoms with Gasteiger partial charge in [-0.25, -0.2) is 9.07 Å². The second-order valence-electron chi connectivity index (χ2n) is 6.02. The predicted octanol–water partition coefficient (Wildman–Crippen LogP) is 2.77. The Bertz CT molecular complexity index is 646. The molecule has 0 atom stereocenters. The van der Waals surface area contributed by atoms with Gasteiger partial charge in [0.05, 0.1) is 11.4 Å². The van der Waals surface area contributed by atoms with Gasteiger partial charge in [-0.3, -0.25) is 4.99 Å². The molecule has 2 rings (SSSR count). The van der Waals surface area contributed by atoms with Gasteiger partial charge in [-0.15, -0.1) is 0 Å². The van der Waals surface area contributed by atoms with Crippen molar-refractivity contribution in [2.24, 2.45) is 10.9 Å². The van der Waals surface area contributed by atoms with Gasteiger partial charge in [0.2, 0.25) is 0 Å². The molecule has 0 bridgehead atoms. The molecular formula is C18H26FN5. The number of rotatable bonds is 7. The number of nitrogens with zero attached hydrogens (tertiary/aromatic N) is 3. The molecule has 1 heterocycles. The Kier molecular flexibility index (Phi) is 6.78. The molecule has 0 saturated carbocycles. The van der Waals surface area contributed by atoms with Crippen LogP contribution in [0.5, 0.6) is 0 Å². The van der Waals surface area contributed by atoms with E-state index in [0.717, 1.165) is 43.4 Å². The Morgan fingerprint density at radius 1 is 1.21 bits per heavy atom. The number of aromatic nitrogens is 2. The fourth-order valence-electron chi connectivity index (χ4n) is 2.16. The van der Waals surface area contributed by atoms with E-state index in [1.165, 1.54) is 12.1 Å². The first-order valence-corrected chi connectivity index (χ1v) is 8.41. The molecule has 6 heteroatoms. The maximum atomic E-state index is 13.0. The molecule has 0 aliphatic rings. The van der Waals surface area contributed by atoms with E-state index in [2.05, 4.69) is 41.5 Å². The summed E-state index contributed by atoms with van der Waals surface area (Å²) < 4.78 is 14.7. The lowest BCUT2D eigenvalue weighted by Gasteiger charge is -2.11. The smallest absolute Gasteiger partial charge is 0.191 e. The number of hydrogen-bond acceptors (Lipinski definition) is 2. The molecule has 0 aliphatic heterocycles. The van der Waals surface area contributed by atoms with Gasteiger partial charge in [-0.1, -0.05) is 13.8 Å². The molecule has 0 fully saturated rings. The monoisotopic (exact) mass is 331 g/mol. The van der Waals surface area contributed by atoms with Crippen molar-refractivity contribution in [3.63, 3.8) is 0 Å². The Morgan fingerprint density at radius 2 is 1.96 bits per heavy atom. The van der Waals surface area contributed by atoms with Gasteiger partial charge in [-0.05, 0) is 43.2 Å². The summed E-state index contributed by atoms with van der Waals surface area (Å²) in [4.78, 5) is 4.54. The van der Waals surface area contributed by atoms with Gasteiger partial charge >= 0.3 is 0 Å². The minimum Gasteiger partial charge on any atom is -0.357 e. The average Bonchev–Trinajstić information content (AvgIpc) is 3.02. The number of nitrogens with one attached hydrogen (secondary N) is 2. The van der Waals surface area contributed by atoms with Crippen LogP contribution in [0, 0.1) is 11.7 Å². The zero-order valence-electron chi connectivity index (χ0n) is 14.6. The Morgan fingerprint density at radius 3 is 2.62 bits per heavy atom. The van der Waals surface area contributed by atoms with E-state index in [-0.39, 0.29) is 5.82 Å². The highest BCUT2D eigenvalue weighted by atomic mass is 19.1. The van der Waals surface area contributed by atoms with Gasteiger partial charge in [0.1, 0.15) is 5.82 Å². The molecule has 0 saturated heterocycles. The van der Waals surface area contributed by atoms with Crippen molar-refractivity contribution in [2.45, 2.75) is 27.2 Å². The van der Waals surface area contributed by atoms with Crippen molar-refractivity contribution in [1.82, 2.24) is 20.4 Å². The Labute approximate surface area is 143 Å². The third-order valence-electron chi connectivity index (χ3n) is 3.37. The third-order valence-corrected chi connectivity index (χ3v) is 3.37. The summed E-state index contributed by atoms with van der Waals surface area (Å²) in [6.45, 7) is 8.74. The SMILES string of the molecule is CCNC(=NCC(C)C)NCCc1ccn(-c2ccc(F)cc2)n1. The van der Waals surface area contributed by atoms with Gasteiger partial charge in [-0.2, -0.15) is 5.10 Å². The average molecular weight is 331 g/mol. The second kappa shape index (κ2) is 9.05. The summed E-state index contributed by atoms with van der Waals surface area (Å²) in [5.41, 5.74) is 1.83. The van der Waals surface area contributed by atoms with E-state index in [9.17, 15) is 4.39 Å². The molecule has 130 valence electrons. The minimum atomic E-state index is -0.244. The first-order valence-electron chi connectivity index (χ1n) is 8.41. The molecule has 0 aliphatic carbocycles. The molecule has 0 radical (unpaired) electrons. The molecule has 2 N–H and O–H groups in total. The number of halogens is 1. The van der Waals surface area contributed by atoms with E-state index in [4.69, 9.17) is 0 Å². The second-order valence-corrected chi connectivity index (χ2v) is 6.02. The van der Waals surface area contributed by atoms with Crippen LogP contribution < -0.4 is 10.6 Å². The van der Waals surface area contributed by atoms with Crippen LogP contribution in [0.4, 0.5) is 4.39 Å². The van der Waals surface area contributed by atoms with E-state index < -0.39 is 0 Å². The fraction of sp³-hybridized carbons (Fsp3) is 0.444. The minimum absolute atomic E-state index is 0.244. The summed E-state index contributed by atoms with van der Waals surface area (Å²) >= 11 is 0. The largest absolute Gasteiger partial charge is 0.357 e. The zero-order chi connectivity index (χ0) is 17.4. The summed E-state index contributed by atoms with van der Waals surface area (Å²) in [7, 11) is 0. The predicted molar refractivity (Wildman–Crippen MR) is 96.0 cm³/mol. The molecule has 5 nitrogen and oxygen atoms in total. The number of guanidine groups is 1. The van der Waals surface area contributed by atoms with E-state index in [1.54, 1.807) is 16.8 Å². The number of benzene rings is 1. The lowest BCUT2D eigenvalue weighted by atomic mass is 10.2. The fourth-order valence-corrected chi connectivity index (χ4v) is 2.16. The highest BCUT2D eigenvalue weighted by molar-refractivity contribution is 5.79. The van der Waals surface area contributed by atoms with Crippen LogP contribution in [0.3, 0.4) is 0 Å². The van der Waals surface area contributed by atoms with Crippen LogP contribution in [0.25, 0.3) is 5.69 Å². The first-order chi connectivity index (χ1) is 11.6. The molecule has 2 aromatic rings. The maximum Gasteiger partial charge on any atom is 0.191 e. The van der Waals surface area contributed by atoms with E-state index in [0.29, 0.717) is 5.92 Å². The molecule has 0 amide bonds. The normalized spacial score (nSPS) is 11.8. The molecule has 0 unspecified atom stereocenters. The van der Waals surface area contributed by atoms with Gasteiger partial charge < -0.3 is 10.6 Å². The standard InChI is InChI=1S/C18H26FN5/c1-4-20-18(22-13-14(2)3)21-11-9-16-10-12-24(23-16)17-7-5-15(19)6-8-17/h5-8,10,12,14H,4,9,11,13H2,1-3H3,(H2,20,21,22). The lowest BCUT2D eigenvalue weighted by Crippen LogP contribution is -2.38. The number of aliphatic imine (C=N–C) groups is 1. The molecule has 0 spiro atoms. The Hall–Kier alpha value is -2.37. The van der Waals surface area contributed by atoms with Crippen LogP contribution in [-0.4, -0.2) is 35.4 Å². The van der Waals surface area contributed by atoms with Gasteiger partial charge in [0, 0.05) is 32.3 Å². The summed E-state index contributed by atoms with van der Waals surface area (Å²) in [5, 5.41) is 11.1. The van der Waals surface area contributed by atoms with Crippen molar-refractivity contribution in [3.8, 4) is 5.69 Å². The summed E-state index contributed by atoms with van der Waals surface area (Å²) in [6.07, 6.45) is 2.68. The molecule has 1 aromatic heterocycles. The van der Waals surface area contributed by atoms with Crippen LogP contribution >= 0.6 is 0 Å². The van der Waals surface area contributed by atoms with Crippen LogP contribution in [0.1, 0.15) is 26.5 Å². The first kappa shape index (κ1) is 18.0. The number of hydrogen-bond donors (Lipinski definition) is 2. The van der Waals surface area contributed by atoms with Crippen LogP contribution in [0.15, 0.2) is 41.5 Å². The van der Waals surface area contributed by atoms with Gasteiger partial charge in [0.25, 0.3) is 0 Å². The molecule has 24 heavy (non-hydrogen) atoms. The van der Waals surface area contributed by atoms with Crippen molar-refractivity contribution < 1.29 is 4.39 Å². The van der Waals surface area contributed by atoms with Crippen molar-refractivity contribution in [2.75, 3.05) is 19.6 Å². The summed E-state index contributed by atoms with van der Waals surface area (Å²) in [6, 6.07) is 8.28. The zero-order valence-corrected chi connectivity index (χ0v) is 14.6. The summed E-state index contributed by atoms with van der Waals surface area (Å²) in [5.74, 6) is 1.13. The topological polar surface area (TPSA) is 54.2 Å². The molecule has 1 aromatic carbocycles. The highest BCUT2D eigenvalue weighted by Gasteiger charge is 2.03. The quantitative estimate of drug-likeness (QED) is 0.606. The van der Waals surface area contributed by atoms with Crippen LogP contribution in [0.2, 0.25) is 0 Å². The highest BCUT2D eigenvalue weighted by Crippen LogP contribution is 2.09. The lowest BCUT2D eigenvalue weighted by molar-refractivity contribution is 0.627. The molecular weight excluding hydrogens is 305 g/mol. The van der Waals surface area contributed by atoms with E-state index >= 15 is 0 Å². The Balaban J connectivity index is 1.88. The third kappa shape index (κ3) is 5.68. The van der Waals surface area contributed by atoms with Crippen LogP contribution in [-0.2, 0) is 6.42 Å². The van der Waals surface area contributed by atoms with Gasteiger partial charge in [0.15, 0.2) is 5.96 Å². The van der Waals surface area contributed by atoms with Crippen molar-refractivity contribution in [1.29, 1.82) is 0 Å². The van der Waals surface area contributed by atoms with Crippen molar-refractivity contribution >= 4 is 5.96 Å². The van der Waals surface area contributed by atoms with Crippen molar-refractivity contribution in [3.05, 3.63) is 48.0 Å². The maximum absolute atomic E-state index is 13.0. The van der Waals surface area contributed by atoms with E-state index in [1.807, 2.05) is 12.3 Å².